The molecule has 0 amide bonds. The molecular weight excluding hydrogens is 410 g/mol. The molecule has 0 fully saturated rings. The van der Waals surface area contributed by atoms with Crippen LogP contribution >= 0.6 is 23.4 Å². The average molecular weight is 430 g/mol. The summed E-state index contributed by atoms with van der Waals surface area (Å²) in [5.41, 5.74) is 1.51. The number of ether oxygens (including phenoxy) is 2. The molecule has 2 aromatic carbocycles. The van der Waals surface area contributed by atoms with Crippen LogP contribution in [-0.4, -0.2) is 28.2 Å². The third-order valence-corrected chi connectivity index (χ3v) is 5.35. The number of allylic oxidation sites excluding steroid dienone is 1. The first kappa shape index (κ1) is 21.0. The Labute approximate surface area is 178 Å². The van der Waals surface area contributed by atoms with Crippen LogP contribution in [0.3, 0.4) is 0 Å². The van der Waals surface area contributed by atoms with Gasteiger partial charge in [0.2, 0.25) is 0 Å². The number of hydrogen-bond donors (Lipinski definition) is 0. The van der Waals surface area contributed by atoms with Crippen molar-refractivity contribution in [3.05, 3.63) is 77.1 Å². The topological polar surface area (TPSA) is 66.2 Å². The summed E-state index contributed by atoms with van der Waals surface area (Å²) in [5, 5.41) is 9.94. The Balaban J connectivity index is 1.73. The highest BCUT2D eigenvalue weighted by Gasteiger charge is 2.14. The minimum absolute atomic E-state index is 0.271. The molecule has 29 heavy (non-hydrogen) atoms. The molecule has 0 aliphatic carbocycles. The molecule has 6 nitrogen and oxygen atoms in total. The molecule has 8 heteroatoms. The summed E-state index contributed by atoms with van der Waals surface area (Å²) in [4.78, 5) is 11.1. The van der Waals surface area contributed by atoms with Crippen LogP contribution in [0.5, 0.6) is 11.5 Å². The highest BCUT2D eigenvalue weighted by Crippen LogP contribution is 2.28. The van der Waals surface area contributed by atoms with E-state index in [4.69, 9.17) is 21.1 Å². The second kappa shape index (κ2) is 10.1. The van der Waals surface area contributed by atoms with Gasteiger partial charge in [0.05, 0.1) is 7.11 Å². The zero-order valence-corrected chi connectivity index (χ0v) is 17.4. The van der Waals surface area contributed by atoms with Crippen molar-refractivity contribution in [2.45, 2.75) is 24.1 Å². The highest BCUT2D eigenvalue weighted by atomic mass is 35.5. The van der Waals surface area contributed by atoms with Crippen LogP contribution in [0.2, 0.25) is 5.02 Å². The SMILES string of the molecule is C=CCn1c(COc2ccc(Cl)cc2)nnc1SCc1cc(C=O)ccc1OC. The Morgan fingerprint density at radius 1 is 1.21 bits per heavy atom. The Morgan fingerprint density at radius 2 is 2.00 bits per heavy atom. The highest BCUT2D eigenvalue weighted by molar-refractivity contribution is 7.98. The normalized spacial score (nSPS) is 10.6. The summed E-state index contributed by atoms with van der Waals surface area (Å²) in [6.45, 7) is 4.64. The fraction of sp³-hybridized carbons (Fsp3) is 0.190. The van der Waals surface area contributed by atoms with E-state index in [1.165, 1.54) is 11.8 Å². The van der Waals surface area contributed by atoms with Gasteiger partial charge in [-0.25, -0.2) is 0 Å². The fourth-order valence-electron chi connectivity index (χ4n) is 2.65. The molecule has 3 rings (SSSR count). The molecule has 1 aromatic heterocycles. The standard InChI is InChI=1S/C21H20ClN3O3S/c1-3-10-25-20(13-28-18-7-5-17(22)6-8-18)23-24-21(25)29-14-16-11-15(12-26)4-9-19(16)27-2/h3-9,11-12H,1,10,13-14H2,2H3. The number of carbonyl (C=O) groups excluding carboxylic acids is 1. The second-order valence-electron chi connectivity index (χ2n) is 6.02. The van der Waals surface area contributed by atoms with E-state index in [1.807, 2.05) is 10.6 Å². The van der Waals surface area contributed by atoms with E-state index < -0.39 is 0 Å². The summed E-state index contributed by atoms with van der Waals surface area (Å²) < 4.78 is 13.1. The number of rotatable bonds is 10. The van der Waals surface area contributed by atoms with Gasteiger partial charge >= 0.3 is 0 Å². The van der Waals surface area contributed by atoms with Crippen molar-refractivity contribution in [2.24, 2.45) is 0 Å². The van der Waals surface area contributed by atoms with Gasteiger partial charge < -0.3 is 9.47 Å². The van der Waals surface area contributed by atoms with Crippen LogP contribution in [0.4, 0.5) is 0 Å². The second-order valence-corrected chi connectivity index (χ2v) is 7.40. The molecule has 0 aliphatic heterocycles. The summed E-state index contributed by atoms with van der Waals surface area (Å²) >= 11 is 7.41. The van der Waals surface area contributed by atoms with Gasteiger partial charge in [0.15, 0.2) is 11.0 Å². The number of hydrogen-bond acceptors (Lipinski definition) is 6. The summed E-state index contributed by atoms with van der Waals surface area (Å²) in [6, 6.07) is 12.5. The molecule has 150 valence electrons. The lowest BCUT2D eigenvalue weighted by Gasteiger charge is -2.11. The molecular formula is C21H20ClN3O3S. The minimum atomic E-state index is 0.271. The zero-order chi connectivity index (χ0) is 20.6. The van der Waals surface area contributed by atoms with E-state index in [0.29, 0.717) is 34.5 Å². The molecule has 0 saturated heterocycles. The molecule has 0 bridgehead atoms. The van der Waals surface area contributed by atoms with E-state index in [1.54, 1.807) is 49.6 Å². The lowest BCUT2D eigenvalue weighted by molar-refractivity contribution is 0.112. The molecule has 0 saturated carbocycles. The molecule has 0 N–H and O–H groups in total. The molecule has 0 atom stereocenters. The summed E-state index contributed by atoms with van der Waals surface area (Å²) in [6.07, 6.45) is 2.60. The number of benzene rings is 2. The van der Waals surface area contributed by atoms with Gasteiger partial charge in [-0.3, -0.25) is 9.36 Å². The quantitative estimate of drug-likeness (QED) is 0.262. The third kappa shape index (κ3) is 5.40. The van der Waals surface area contributed by atoms with E-state index in [2.05, 4.69) is 16.8 Å². The van der Waals surface area contributed by atoms with Gasteiger partial charge in [-0.2, -0.15) is 0 Å². The van der Waals surface area contributed by atoms with Crippen LogP contribution in [0.15, 0.2) is 60.3 Å². The largest absolute Gasteiger partial charge is 0.496 e. The predicted octanol–water partition coefficient (Wildman–Crippen LogP) is 4.81. The van der Waals surface area contributed by atoms with Gasteiger partial charge in [0.1, 0.15) is 24.4 Å². The smallest absolute Gasteiger partial charge is 0.191 e. The van der Waals surface area contributed by atoms with Crippen molar-refractivity contribution >= 4 is 29.6 Å². The first-order valence-electron chi connectivity index (χ1n) is 8.80. The maximum Gasteiger partial charge on any atom is 0.191 e. The van der Waals surface area contributed by atoms with Crippen LogP contribution < -0.4 is 9.47 Å². The maximum atomic E-state index is 11.1. The summed E-state index contributed by atoms with van der Waals surface area (Å²) in [7, 11) is 1.61. The number of carbonyl (C=O) groups is 1. The number of methoxy groups -OCH3 is 1. The fourth-order valence-corrected chi connectivity index (χ4v) is 3.72. The predicted molar refractivity (Wildman–Crippen MR) is 114 cm³/mol. The molecule has 3 aromatic rings. The molecule has 0 radical (unpaired) electrons. The molecule has 0 aliphatic rings. The van der Waals surface area contributed by atoms with Gasteiger partial charge in [0.25, 0.3) is 0 Å². The lowest BCUT2D eigenvalue weighted by atomic mass is 10.1. The minimum Gasteiger partial charge on any atom is -0.496 e. The lowest BCUT2D eigenvalue weighted by Crippen LogP contribution is -2.07. The van der Waals surface area contributed by atoms with E-state index >= 15 is 0 Å². The number of nitrogens with zero attached hydrogens (tertiary/aromatic N) is 3. The number of aldehydes is 1. The Bertz CT molecular complexity index is 989. The van der Waals surface area contributed by atoms with E-state index in [0.717, 1.165) is 22.8 Å². The monoisotopic (exact) mass is 429 g/mol. The average Bonchev–Trinajstić information content (AvgIpc) is 3.13. The zero-order valence-electron chi connectivity index (χ0n) is 15.9. The first-order valence-corrected chi connectivity index (χ1v) is 10.2. The van der Waals surface area contributed by atoms with Crippen LogP contribution in [-0.2, 0) is 18.9 Å². The number of aromatic nitrogens is 3. The Kier molecular flexibility index (Phi) is 7.32. The van der Waals surface area contributed by atoms with E-state index in [9.17, 15) is 4.79 Å². The van der Waals surface area contributed by atoms with Crippen LogP contribution in [0, 0.1) is 0 Å². The number of halogens is 1. The Hall–Kier alpha value is -2.77. The molecule has 0 spiro atoms. The van der Waals surface area contributed by atoms with E-state index in [-0.39, 0.29) is 6.61 Å². The van der Waals surface area contributed by atoms with Gasteiger partial charge in [-0.15, -0.1) is 16.8 Å². The molecule has 0 unspecified atom stereocenters. The molecule has 1 heterocycles. The van der Waals surface area contributed by atoms with Crippen molar-refractivity contribution in [3.8, 4) is 11.5 Å². The van der Waals surface area contributed by atoms with Gasteiger partial charge in [0, 0.05) is 28.4 Å². The van der Waals surface area contributed by atoms with Crippen molar-refractivity contribution in [3.63, 3.8) is 0 Å². The first-order chi connectivity index (χ1) is 14.1. The van der Waals surface area contributed by atoms with Gasteiger partial charge in [-0.05, 0) is 42.5 Å². The van der Waals surface area contributed by atoms with Crippen molar-refractivity contribution < 1.29 is 14.3 Å². The van der Waals surface area contributed by atoms with Crippen molar-refractivity contribution in [1.29, 1.82) is 0 Å². The number of thioether (sulfide) groups is 1. The maximum absolute atomic E-state index is 11.1. The van der Waals surface area contributed by atoms with Crippen molar-refractivity contribution in [1.82, 2.24) is 14.8 Å². The third-order valence-electron chi connectivity index (χ3n) is 4.08. The van der Waals surface area contributed by atoms with Crippen LogP contribution in [0.1, 0.15) is 21.7 Å². The summed E-state index contributed by atoms with van der Waals surface area (Å²) in [5.74, 6) is 2.70. The Morgan fingerprint density at radius 3 is 2.69 bits per heavy atom. The van der Waals surface area contributed by atoms with Crippen molar-refractivity contribution in [2.75, 3.05) is 7.11 Å². The van der Waals surface area contributed by atoms with Gasteiger partial charge in [-0.1, -0.05) is 29.4 Å². The van der Waals surface area contributed by atoms with Crippen LogP contribution in [0.25, 0.3) is 0 Å².